The summed E-state index contributed by atoms with van der Waals surface area (Å²) in [5.41, 5.74) is 18.8. The minimum atomic E-state index is -0.312. The molecule has 0 saturated heterocycles. The summed E-state index contributed by atoms with van der Waals surface area (Å²) in [5.74, 6) is -1.22. The van der Waals surface area contributed by atoms with Crippen molar-refractivity contribution in [2.45, 2.75) is 0 Å². The quantitative estimate of drug-likeness (QED) is 0.0706. The highest BCUT2D eigenvalue weighted by Gasteiger charge is 2.26. The van der Waals surface area contributed by atoms with E-state index in [9.17, 15) is 13.2 Å². The second-order valence-corrected chi connectivity index (χ2v) is 26.4. The molecule has 0 amide bonds. The fourth-order valence-electron chi connectivity index (χ4n) is 15.2. The first-order valence-electron chi connectivity index (χ1n) is 36.0. The fourth-order valence-corrected chi connectivity index (χ4v) is 15.2. The van der Waals surface area contributed by atoms with Crippen molar-refractivity contribution < 1.29 is 17.6 Å². The number of nitrogens with zero attached hydrogens (tertiary/aromatic N) is 4. The lowest BCUT2D eigenvalue weighted by molar-refractivity contribution is 0.628. The Balaban J connectivity index is 0.000000158. The molecule has 18 rings (SSSR count). The molecule has 0 heterocycles. The van der Waals surface area contributed by atoms with Gasteiger partial charge in [0.1, 0.15) is 23.3 Å². The fraction of sp³-hybridized carbons (Fsp3) is 0. The summed E-state index contributed by atoms with van der Waals surface area (Å²) in [6, 6.07) is 135. The van der Waals surface area contributed by atoms with Gasteiger partial charge in [0.2, 0.25) is 0 Å². The maximum absolute atomic E-state index is 15.1. The molecule has 0 aliphatic rings. The molecule has 0 aliphatic carbocycles. The second-order valence-electron chi connectivity index (χ2n) is 26.4. The zero-order chi connectivity index (χ0) is 72.9. The number of anilines is 12. The minimum Gasteiger partial charge on any atom is -0.311 e. The van der Waals surface area contributed by atoms with Crippen molar-refractivity contribution in [3.63, 3.8) is 0 Å². The molecule has 516 valence electrons. The molecule has 0 radical (unpaired) electrons. The van der Waals surface area contributed by atoms with Gasteiger partial charge in [-0.1, -0.05) is 224 Å². The van der Waals surface area contributed by atoms with Crippen LogP contribution in [0.15, 0.2) is 413 Å². The summed E-state index contributed by atoms with van der Waals surface area (Å²) in [7, 11) is 0. The Bertz CT molecular complexity index is 6090. The molecule has 0 spiro atoms. The highest BCUT2D eigenvalue weighted by molar-refractivity contribution is 6.26. The number of benzene rings is 18. The first kappa shape index (κ1) is 67.1. The van der Waals surface area contributed by atoms with E-state index in [4.69, 9.17) is 0 Å². The van der Waals surface area contributed by atoms with Crippen molar-refractivity contribution in [2.75, 3.05) is 19.6 Å². The smallest absolute Gasteiger partial charge is 0.123 e. The van der Waals surface area contributed by atoms with Gasteiger partial charge in [-0.2, -0.15) is 0 Å². The van der Waals surface area contributed by atoms with Crippen LogP contribution in [0.25, 0.3) is 87.6 Å². The van der Waals surface area contributed by atoms with E-state index < -0.39 is 0 Å². The number of fused-ring (bicyclic) bond motifs is 4. The monoisotopic (exact) mass is 1400 g/mol. The third-order valence-electron chi connectivity index (χ3n) is 19.8. The van der Waals surface area contributed by atoms with E-state index in [1.165, 1.54) is 24.3 Å². The van der Waals surface area contributed by atoms with Crippen LogP contribution in [0.3, 0.4) is 0 Å². The lowest BCUT2D eigenvalue weighted by atomic mass is 9.85. The molecule has 18 aromatic carbocycles. The molecule has 4 nitrogen and oxygen atoms in total. The molecule has 0 N–H and O–H groups in total. The average molecular weight is 1400 g/mol. The predicted molar refractivity (Wildman–Crippen MR) is 443 cm³/mol. The summed E-state index contributed by atoms with van der Waals surface area (Å²) in [6.45, 7) is 0. The molecule has 18 aromatic rings. The van der Waals surface area contributed by atoms with Crippen molar-refractivity contribution in [1.82, 2.24) is 0 Å². The summed E-state index contributed by atoms with van der Waals surface area (Å²) < 4.78 is 59.8. The molecule has 0 aliphatic heterocycles. The van der Waals surface area contributed by atoms with Crippen LogP contribution < -0.4 is 19.6 Å². The van der Waals surface area contributed by atoms with Crippen molar-refractivity contribution in [1.29, 1.82) is 0 Å². The van der Waals surface area contributed by atoms with Crippen molar-refractivity contribution in [3.05, 3.63) is 436 Å². The Kier molecular flexibility index (Phi) is 18.6. The van der Waals surface area contributed by atoms with Crippen LogP contribution in [0.4, 0.5) is 85.8 Å². The first-order valence-corrected chi connectivity index (χ1v) is 36.0. The molecule has 0 fully saturated rings. The van der Waals surface area contributed by atoms with E-state index in [1.807, 2.05) is 109 Å². The van der Waals surface area contributed by atoms with Gasteiger partial charge in [-0.25, -0.2) is 17.6 Å². The van der Waals surface area contributed by atoms with Gasteiger partial charge < -0.3 is 19.6 Å². The molecule has 0 saturated carbocycles. The Hall–Kier alpha value is -14.1. The first-order chi connectivity index (χ1) is 53.3. The van der Waals surface area contributed by atoms with Crippen LogP contribution in [0, 0.1) is 23.3 Å². The number of hydrogen-bond donors (Lipinski definition) is 0. The van der Waals surface area contributed by atoms with Gasteiger partial charge >= 0.3 is 0 Å². The number of para-hydroxylation sites is 6. The number of hydrogen-bond acceptors (Lipinski definition) is 4. The van der Waals surface area contributed by atoms with E-state index in [-0.39, 0.29) is 23.3 Å². The van der Waals surface area contributed by atoms with Gasteiger partial charge in [0, 0.05) is 67.9 Å². The molecule has 0 unspecified atom stereocenters. The van der Waals surface area contributed by atoms with Crippen LogP contribution in [0.1, 0.15) is 0 Å². The molecule has 8 heteroatoms. The van der Waals surface area contributed by atoms with Crippen LogP contribution >= 0.6 is 0 Å². The largest absolute Gasteiger partial charge is 0.311 e. The van der Waals surface area contributed by atoms with Gasteiger partial charge in [0.25, 0.3) is 0 Å². The highest BCUT2D eigenvalue weighted by Crippen LogP contribution is 2.52. The molecule has 0 bridgehead atoms. The van der Waals surface area contributed by atoms with Crippen molar-refractivity contribution in [2.24, 2.45) is 0 Å². The zero-order valence-corrected chi connectivity index (χ0v) is 58.6. The van der Waals surface area contributed by atoms with Gasteiger partial charge in [-0.3, -0.25) is 0 Å². The van der Waals surface area contributed by atoms with Gasteiger partial charge in [-0.05, 0) is 270 Å². The molecular formula is C100H68F4N4. The Morgan fingerprint density at radius 2 is 0.380 bits per heavy atom. The number of rotatable bonds is 16. The number of halogens is 4. The Morgan fingerprint density at radius 1 is 0.148 bits per heavy atom. The average Bonchev–Trinajstić information content (AvgIpc) is 0.729. The van der Waals surface area contributed by atoms with Crippen LogP contribution in [-0.2, 0) is 0 Å². The summed E-state index contributed by atoms with van der Waals surface area (Å²) in [4.78, 5) is 8.99. The van der Waals surface area contributed by atoms with E-state index in [0.717, 1.165) is 156 Å². The minimum absolute atomic E-state index is 0.299. The maximum Gasteiger partial charge on any atom is 0.123 e. The van der Waals surface area contributed by atoms with E-state index >= 15 is 4.39 Å². The SMILES string of the molecule is Fc1cccc(-c2c3ccccc3c(-c3cccc(F)c3)c3c(N(c4ccccc4)c4ccc(N(c5ccccc5)c5ccccc5)cc4)cccc23)c1.Fc1cccc(-c2c3ccccc3c(-c3cccc(F)c3)c3cc(N(c4ccccc4)c4ccc(N(c5ccccc5)c5ccccc5)cc4)ccc23)c1. The van der Waals surface area contributed by atoms with Crippen molar-refractivity contribution in [3.8, 4) is 44.5 Å². The normalized spacial score (nSPS) is 11.1. The lowest BCUT2D eigenvalue weighted by Crippen LogP contribution is -2.12. The third-order valence-corrected chi connectivity index (χ3v) is 19.8. The Labute approximate surface area is 625 Å². The summed E-state index contributed by atoms with van der Waals surface area (Å²) in [5, 5.41) is 7.61. The summed E-state index contributed by atoms with van der Waals surface area (Å²) >= 11 is 0. The van der Waals surface area contributed by atoms with Crippen LogP contribution in [0.2, 0.25) is 0 Å². The van der Waals surface area contributed by atoms with Crippen LogP contribution in [-0.4, -0.2) is 0 Å². The highest BCUT2D eigenvalue weighted by atomic mass is 19.1. The molecule has 108 heavy (non-hydrogen) atoms. The molecule has 0 atom stereocenters. The third kappa shape index (κ3) is 13.3. The van der Waals surface area contributed by atoms with Gasteiger partial charge in [0.15, 0.2) is 0 Å². The second kappa shape index (κ2) is 29.9. The topological polar surface area (TPSA) is 13.0 Å². The van der Waals surface area contributed by atoms with Crippen LogP contribution in [0.5, 0.6) is 0 Å². The maximum atomic E-state index is 15.1. The predicted octanol–water partition coefficient (Wildman–Crippen LogP) is 29.1. The van der Waals surface area contributed by atoms with E-state index in [1.54, 1.807) is 48.5 Å². The van der Waals surface area contributed by atoms with E-state index in [2.05, 4.69) is 250 Å². The van der Waals surface area contributed by atoms with Crippen molar-refractivity contribution >= 4 is 111 Å². The zero-order valence-electron chi connectivity index (χ0n) is 58.6. The summed E-state index contributed by atoms with van der Waals surface area (Å²) in [6.07, 6.45) is 0. The Morgan fingerprint density at radius 3 is 0.722 bits per heavy atom. The molecular weight excluding hydrogens is 1330 g/mol. The standard InChI is InChI=1S/2C50H34F2N2/c51-37-17-12-15-35(33-37)48-44-25-10-11-26-45(44)49(36-16-13-18-38(52)34-36)50-46(48)27-14-28-47(50)54(41-23-8-3-9-24-41)43-31-29-42(30-32-43)53(39-19-4-1-5-20-39)40-21-6-2-7-22-40;51-37-16-12-14-35(32-37)49-45-24-10-11-25-46(45)50(36-15-13-17-38(52)33-36)48-34-44(30-31-47(48)49)54(41-22-8-3-9-23-41)43-28-26-42(27-29-43)53(39-18-4-1-5-19-39)40-20-6-2-7-21-40/h2*1-34H. The van der Waals surface area contributed by atoms with E-state index in [0.29, 0.717) is 0 Å². The lowest BCUT2D eigenvalue weighted by Gasteiger charge is -2.30. The van der Waals surface area contributed by atoms with Gasteiger partial charge in [-0.15, -0.1) is 0 Å². The molecule has 0 aromatic heterocycles. The van der Waals surface area contributed by atoms with Gasteiger partial charge in [0.05, 0.1) is 5.69 Å².